The maximum absolute atomic E-state index is 12.8. The lowest BCUT2D eigenvalue weighted by atomic mass is 10.0. The van der Waals surface area contributed by atoms with E-state index in [0.29, 0.717) is 31.1 Å². The first-order valence-corrected chi connectivity index (χ1v) is 10.4. The molecule has 0 aromatic heterocycles. The number of amides is 1. The minimum absolute atomic E-state index is 0.000525. The number of carbonyl (C=O) groups is 1. The first kappa shape index (κ1) is 19.5. The molecule has 1 fully saturated rings. The lowest BCUT2D eigenvalue weighted by Crippen LogP contribution is -2.52. The van der Waals surface area contributed by atoms with Gasteiger partial charge in [0.2, 0.25) is 15.9 Å². The number of hydrogen-bond donors (Lipinski definition) is 0. The lowest BCUT2D eigenvalue weighted by molar-refractivity contribution is -0.135. The highest BCUT2D eigenvalue weighted by Gasteiger charge is 2.34. The monoisotopic (exact) mass is 387 g/mol. The van der Waals surface area contributed by atoms with Gasteiger partial charge in [-0.3, -0.25) is 9.69 Å². The summed E-state index contributed by atoms with van der Waals surface area (Å²) in [6, 6.07) is 17.7. The van der Waals surface area contributed by atoms with Gasteiger partial charge in [-0.15, -0.1) is 0 Å². The maximum Gasteiger partial charge on any atom is 0.244 e. The third-order valence-electron chi connectivity index (χ3n) is 4.81. The first-order chi connectivity index (χ1) is 12.9. The van der Waals surface area contributed by atoms with E-state index in [1.165, 1.54) is 4.31 Å². The molecule has 6 nitrogen and oxygen atoms in total. The van der Waals surface area contributed by atoms with Gasteiger partial charge in [-0.05, 0) is 17.7 Å². The van der Waals surface area contributed by atoms with Gasteiger partial charge in [0, 0.05) is 40.3 Å². The van der Waals surface area contributed by atoms with Crippen LogP contribution in [0.3, 0.4) is 0 Å². The number of benzene rings is 2. The molecule has 0 radical (unpaired) electrons. The summed E-state index contributed by atoms with van der Waals surface area (Å²) < 4.78 is 27.1. The fourth-order valence-electron chi connectivity index (χ4n) is 3.33. The second-order valence-corrected chi connectivity index (χ2v) is 8.74. The van der Waals surface area contributed by atoms with Crippen molar-refractivity contribution >= 4 is 15.9 Å². The van der Waals surface area contributed by atoms with Crippen LogP contribution in [0.5, 0.6) is 0 Å². The van der Waals surface area contributed by atoms with Crippen LogP contribution < -0.4 is 0 Å². The summed E-state index contributed by atoms with van der Waals surface area (Å²) in [6.07, 6.45) is 0. The third kappa shape index (κ3) is 4.21. The summed E-state index contributed by atoms with van der Waals surface area (Å²) in [7, 11) is -0.0122. The molecular formula is C20H25N3O3S. The number of rotatable bonds is 5. The Balaban J connectivity index is 1.77. The Labute approximate surface area is 161 Å². The number of nitrogens with zero attached hydrogens (tertiary/aromatic N) is 3. The quantitative estimate of drug-likeness (QED) is 0.785. The molecule has 0 saturated carbocycles. The van der Waals surface area contributed by atoms with Gasteiger partial charge in [0.25, 0.3) is 0 Å². The Bertz CT molecular complexity index is 862. The summed E-state index contributed by atoms with van der Waals surface area (Å²) in [5.41, 5.74) is 0.926. The predicted octanol–water partition coefficient (Wildman–Crippen LogP) is 1.82. The Hall–Kier alpha value is -2.22. The molecule has 1 amide bonds. The van der Waals surface area contributed by atoms with Crippen LogP contribution >= 0.6 is 0 Å². The summed E-state index contributed by atoms with van der Waals surface area (Å²) in [5.74, 6) is 0.000525. The van der Waals surface area contributed by atoms with Crippen LogP contribution in [0.1, 0.15) is 11.6 Å². The fourth-order valence-corrected chi connectivity index (χ4v) is 4.78. The van der Waals surface area contributed by atoms with E-state index in [0.717, 1.165) is 5.56 Å². The maximum atomic E-state index is 12.8. The van der Waals surface area contributed by atoms with Crippen molar-refractivity contribution in [2.75, 3.05) is 40.3 Å². The average Bonchev–Trinajstić information content (AvgIpc) is 2.70. The van der Waals surface area contributed by atoms with Crippen LogP contribution in [0.15, 0.2) is 65.6 Å². The van der Waals surface area contributed by atoms with E-state index >= 15 is 0 Å². The molecule has 1 unspecified atom stereocenters. The molecule has 2 aromatic carbocycles. The van der Waals surface area contributed by atoms with E-state index in [-0.39, 0.29) is 5.91 Å². The summed E-state index contributed by atoms with van der Waals surface area (Å²) >= 11 is 0. The van der Waals surface area contributed by atoms with E-state index in [4.69, 9.17) is 0 Å². The zero-order valence-electron chi connectivity index (χ0n) is 15.7. The summed E-state index contributed by atoms with van der Waals surface area (Å²) in [4.78, 5) is 16.8. The van der Waals surface area contributed by atoms with Crippen molar-refractivity contribution in [3.8, 4) is 0 Å². The van der Waals surface area contributed by atoms with Crippen molar-refractivity contribution in [1.29, 1.82) is 0 Å². The Morgan fingerprint density at radius 3 is 1.93 bits per heavy atom. The molecule has 0 N–H and O–H groups in total. The molecule has 1 heterocycles. The number of likely N-dealkylation sites (N-methyl/N-ethyl adjacent to an activating group) is 1. The van der Waals surface area contributed by atoms with Gasteiger partial charge in [0.05, 0.1) is 4.90 Å². The Morgan fingerprint density at radius 1 is 0.889 bits per heavy atom. The van der Waals surface area contributed by atoms with Crippen molar-refractivity contribution < 1.29 is 13.2 Å². The van der Waals surface area contributed by atoms with Crippen LogP contribution in [0.2, 0.25) is 0 Å². The fraction of sp³-hybridized carbons (Fsp3) is 0.350. The van der Waals surface area contributed by atoms with Gasteiger partial charge in [0.15, 0.2) is 0 Å². The van der Waals surface area contributed by atoms with Crippen molar-refractivity contribution in [1.82, 2.24) is 14.1 Å². The normalized spacial score (nSPS) is 17.4. The van der Waals surface area contributed by atoms with Crippen molar-refractivity contribution in [2.24, 2.45) is 0 Å². The minimum atomic E-state index is -3.50. The standard InChI is InChI=1S/C20H25N3O3S/c1-21(2)20(24)19(17-9-5-3-6-10-17)22-13-15-23(16-14-22)27(25,26)18-11-7-4-8-12-18/h3-12,19H,13-16H2,1-2H3. The number of sulfonamides is 1. The zero-order valence-corrected chi connectivity index (χ0v) is 16.5. The van der Waals surface area contributed by atoms with E-state index < -0.39 is 16.1 Å². The highest BCUT2D eigenvalue weighted by Crippen LogP contribution is 2.26. The van der Waals surface area contributed by atoms with Crippen LogP contribution in [-0.4, -0.2) is 68.7 Å². The minimum Gasteiger partial charge on any atom is -0.347 e. The molecule has 2 aromatic rings. The second kappa shape index (κ2) is 8.21. The van der Waals surface area contributed by atoms with E-state index in [2.05, 4.69) is 4.90 Å². The van der Waals surface area contributed by atoms with E-state index in [9.17, 15) is 13.2 Å². The van der Waals surface area contributed by atoms with Gasteiger partial charge in [-0.25, -0.2) is 8.42 Å². The van der Waals surface area contributed by atoms with Crippen LogP contribution in [-0.2, 0) is 14.8 Å². The molecule has 144 valence electrons. The molecule has 0 bridgehead atoms. The Kier molecular flexibility index (Phi) is 5.94. The summed E-state index contributed by atoms with van der Waals surface area (Å²) in [5, 5.41) is 0. The summed E-state index contributed by atoms with van der Waals surface area (Å²) in [6.45, 7) is 1.74. The zero-order chi connectivity index (χ0) is 19.4. The highest BCUT2D eigenvalue weighted by molar-refractivity contribution is 7.89. The van der Waals surface area contributed by atoms with Crippen molar-refractivity contribution in [2.45, 2.75) is 10.9 Å². The molecule has 1 atom stereocenters. The van der Waals surface area contributed by atoms with Gasteiger partial charge in [-0.2, -0.15) is 4.31 Å². The largest absolute Gasteiger partial charge is 0.347 e. The second-order valence-electron chi connectivity index (χ2n) is 6.80. The molecule has 3 rings (SSSR count). The van der Waals surface area contributed by atoms with Gasteiger partial charge >= 0.3 is 0 Å². The first-order valence-electron chi connectivity index (χ1n) is 8.96. The van der Waals surface area contributed by atoms with Gasteiger partial charge in [0.1, 0.15) is 6.04 Å². The average molecular weight is 388 g/mol. The molecule has 1 aliphatic heterocycles. The molecule has 1 saturated heterocycles. The van der Waals surface area contributed by atoms with Gasteiger partial charge < -0.3 is 4.90 Å². The molecule has 0 spiro atoms. The van der Waals surface area contributed by atoms with Crippen molar-refractivity contribution in [3.05, 3.63) is 66.2 Å². The van der Waals surface area contributed by atoms with Gasteiger partial charge in [-0.1, -0.05) is 48.5 Å². The number of carbonyl (C=O) groups excluding carboxylic acids is 1. The number of hydrogen-bond acceptors (Lipinski definition) is 4. The molecule has 0 aliphatic carbocycles. The Morgan fingerprint density at radius 2 is 1.41 bits per heavy atom. The predicted molar refractivity (Wildman–Crippen MR) is 105 cm³/mol. The van der Waals surface area contributed by atoms with Crippen LogP contribution in [0, 0.1) is 0 Å². The number of piperazine rings is 1. The lowest BCUT2D eigenvalue weighted by Gasteiger charge is -2.39. The van der Waals surface area contributed by atoms with Crippen molar-refractivity contribution in [3.63, 3.8) is 0 Å². The molecule has 7 heteroatoms. The smallest absolute Gasteiger partial charge is 0.244 e. The molecular weight excluding hydrogens is 362 g/mol. The topological polar surface area (TPSA) is 60.9 Å². The van der Waals surface area contributed by atoms with E-state index in [1.54, 1.807) is 49.3 Å². The van der Waals surface area contributed by atoms with E-state index in [1.807, 2.05) is 30.3 Å². The third-order valence-corrected chi connectivity index (χ3v) is 6.72. The molecule has 27 heavy (non-hydrogen) atoms. The van der Waals surface area contributed by atoms with Crippen LogP contribution in [0.25, 0.3) is 0 Å². The SMILES string of the molecule is CN(C)C(=O)C(c1ccccc1)N1CCN(S(=O)(=O)c2ccccc2)CC1. The van der Waals surface area contributed by atoms with Crippen LogP contribution in [0.4, 0.5) is 0 Å². The molecule has 1 aliphatic rings. The highest BCUT2D eigenvalue weighted by atomic mass is 32.2.